The fourth-order valence-electron chi connectivity index (χ4n) is 1.98. The summed E-state index contributed by atoms with van der Waals surface area (Å²) in [5.41, 5.74) is 2.87. The van der Waals surface area contributed by atoms with E-state index in [4.69, 9.17) is 4.74 Å². The lowest BCUT2D eigenvalue weighted by Gasteiger charge is -2.23. The van der Waals surface area contributed by atoms with Crippen molar-refractivity contribution in [3.8, 4) is 5.75 Å². The highest BCUT2D eigenvalue weighted by Crippen LogP contribution is 2.32. The molecule has 0 aliphatic carbocycles. The minimum Gasteiger partial charge on any atom is -0.479 e. The van der Waals surface area contributed by atoms with Crippen LogP contribution in [0.4, 0.5) is 11.4 Å². The second kappa shape index (κ2) is 5.53. The number of thiazole rings is 1. The topological polar surface area (TPSA) is 80.3 Å². The van der Waals surface area contributed by atoms with E-state index in [2.05, 4.69) is 15.6 Å². The summed E-state index contributed by atoms with van der Waals surface area (Å²) in [6, 6.07) is 5.16. The van der Waals surface area contributed by atoms with Crippen LogP contribution in [0.1, 0.15) is 11.8 Å². The Labute approximate surface area is 125 Å². The summed E-state index contributed by atoms with van der Waals surface area (Å²) in [5, 5.41) is 5.54. The highest BCUT2D eigenvalue weighted by molar-refractivity contribution is 7.09. The van der Waals surface area contributed by atoms with E-state index in [1.54, 1.807) is 36.8 Å². The summed E-state index contributed by atoms with van der Waals surface area (Å²) in [7, 11) is 0. The van der Waals surface area contributed by atoms with Gasteiger partial charge < -0.3 is 15.4 Å². The van der Waals surface area contributed by atoms with Crippen molar-refractivity contribution in [1.82, 2.24) is 4.98 Å². The standard InChI is InChI=1S/C14H13N3O3S/c1-8-14(19)17-11-4-9(2-3-12(11)20-8)16-13(18)5-10-6-15-7-21-10/h2-4,6-8H,5H2,1H3,(H,16,18)(H,17,19). The highest BCUT2D eigenvalue weighted by Gasteiger charge is 2.23. The molecule has 2 heterocycles. The molecule has 1 unspecified atom stereocenters. The minimum atomic E-state index is -0.510. The summed E-state index contributed by atoms with van der Waals surface area (Å²) < 4.78 is 5.46. The second-order valence-electron chi connectivity index (χ2n) is 4.65. The Kier molecular flexibility index (Phi) is 3.57. The van der Waals surface area contributed by atoms with E-state index >= 15 is 0 Å². The van der Waals surface area contributed by atoms with Crippen molar-refractivity contribution in [2.24, 2.45) is 0 Å². The average molecular weight is 303 g/mol. The Morgan fingerprint density at radius 2 is 2.38 bits per heavy atom. The number of carbonyl (C=O) groups is 2. The summed E-state index contributed by atoms with van der Waals surface area (Å²) >= 11 is 1.44. The Balaban J connectivity index is 1.71. The number of rotatable bonds is 3. The van der Waals surface area contributed by atoms with E-state index in [0.29, 0.717) is 17.1 Å². The van der Waals surface area contributed by atoms with E-state index in [1.165, 1.54) is 11.3 Å². The summed E-state index contributed by atoms with van der Waals surface area (Å²) in [6.07, 6.45) is 1.44. The SMILES string of the molecule is CC1Oc2ccc(NC(=O)Cc3cncs3)cc2NC1=O. The lowest BCUT2D eigenvalue weighted by Crippen LogP contribution is -2.34. The first kappa shape index (κ1) is 13.6. The molecule has 6 nitrogen and oxygen atoms in total. The predicted octanol–water partition coefficient (Wildman–Crippen LogP) is 2.04. The molecule has 1 atom stereocenters. The van der Waals surface area contributed by atoms with Crippen LogP contribution in [0.5, 0.6) is 5.75 Å². The number of carbonyl (C=O) groups excluding carboxylic acids is 2. The molecule has 0 spiro atoms. The van der Waals surface area contributed by atoms with E-state index in [9.17, 15) is 9.59 Å². The molecule has 21 heavy (non-hydrogen) atoms. The number of amides is 2. The highest BCUT2D eigenvalue weighted by atomic mass is 32.1. The van der Waals surface area contributed by atoms with Gasteiger partial charge in [0.05, 0.1) is 17.6 Å². The number of anilines is 2. The van der Waals surface area contributed by atoms with Gasteiger partial charge in [-0.25, -0.2) is 0 Å². The molecule has 0 bridgehead atoms. The number of hydrogen-bond donors (Lipinski definition) is 2. The van der Waals surface area contributed by atoms with Gasteiger partial charge in [-0.3, -0.25) is 14.6 Å². The first-order valence-corrected chi connectivity index (χ1v) is 7.28. The third kappa shape index (κ3) is 3.03. The van der Waals surface area contributed by atoms with Gasteiger partial charge in [0.2, 0.25) is 5.91 Å². The Morgan fingerprint density at radius 3 is 3.14 bits per heavy atom. The van der Waals surface area contributed by atoms with Gasteiger partial charge in [0.1, 0.15) is 5.75 Å². The fourth-order valence-corrected chi connectivity index (χ4v) is 2.57. The van der Waals surface area contributed by atoms with Crippen molar-refractivity contribution in [2.45, 2.75) is 19.4 Å². The number of aromatic nitrogens is 1. The zero-order valence-electron chi connectivity index (χ0n) is 11.3. The molecule has 7 heteroatoms. The Morgan fingerprint density at radius 1 is 1.52 bits per heavy atom. The van der Waals surface area contributed by atoms with E-state index < -0.39 is 6.10 Å². The molecule has 0 fully saturated rings. The number of fused-ring (bicyclic) bond motifs is 1. The molecule has 0 radical (unpaired) electrons. The van der Waals surface area contributed by atoms with Crippen molar-refractivity contribution in [3.63, 3.8) is 0 Å². The van der Waals surface area contributed by atoms with E-state index in [0.717, 1.165) is 4.88 Å². The molecule has 3 rings (SSSR count). The Bertz CT molecular complexity index is 685. The molecular formula is C14H13N3O3S. The zero-order chi connectivity index (χ0) is 14.8. The monoisotopic (exact) mass is 303 g/mol. The minimum absolute atomic E-state index is 0.129. The summed E-state index contributed by atoms with van der Waals surface area (Å²) in [5.74, 6) is 0.272. The molecule has 1 aliphatic rings. The van der Waals surface area contributed by atoms with Gasteiger partial charge in [0, 0.05) is 16.8 Å². The van der Waals surface area contributed by atoms with Gasteiger partial charge in [-0.05, 0) is 25.1 Å². The molecule has 2 aromatic rings. The van der Waals surface area contributed by atoms with Crippen molar-refractivity contribution in [1.29, 1.82) is 0 Å². The van der Waals surface area contributed by atoms with Crippen molar-refractivity contribution in [3.05, 3.63) is 34.8 Å². The van der Waals surface area contributed by atoms with Gasteiger partial charge in [0.15, 0.2) is 6.10 Å². The van der Waals surface area contributed by atoms with Gasteiger partial charge in [-0.1, -0.05) is 0 Å². The number of ether oxygens (including phenoxy) is 1. The molecule has 0 saturated carbocycles. The zero-order valence-corrected chi connectivity index (χ0v) is 12.1. The number of hydrogen-bond acceptors (Lipinski definition) is 5. The maximum Gasteiger partial charge on any atom is 0.265 e. The molecule has 1 aliphatic heterocycles. The first-order chi connectivity index (χ1) is 10.1. The summed E-state index contributed by atoms with van der Waals surface area (Å²) in [4.78, 5) is 28.3. The molecule has 108 valence electrons. The van der Waals surface area contributed by atoms with Crippen molar-refractivity contribution in [2.75, 3.05) is 10.6 Å². The van der Waals surface area contributed by atoms with Crippen LogP contribution in [-0.4, -0.2) is 22.9 Å². The number of nitrogens with zero attached hydrogens (tertiary/aromatic N) is 1. The second-order valence-corrected chi connectivity index (χ2v) is 5.62. The maximum absolute atomic E-state index is 11.9. The molecule has 0 saturated heterocycles. The largest absolute Gasteiger partial charge is 0.479 e. The normalized spacial score (nSPS) is 16.6. The number of nitrogens with one attached hydrogen (secondary N) is 2. The van der Waals surface area contributed by atoms with E-state index in [-0.39, 0.29) is 18.2 Å². The molecule has 2 N–H and O–H groups in total. The van der Waals surface area contributed by atoms with E-state index in [1.807, 2.05) is 0 Å². The third-order valence-electron chi connectivity index (χ3n) is 3.01. The van der Waals surface area contributed by atoms with Gasteiger partial charge in [-0.2, -0.15) is 0 Å². The fraction of sp³-hybridized carbons (Fsp3) is 0.214. The molecular weight excluding hydrogens is 290 g/mol. The predicted molar refractivity (Wildman–Crippen MR) is 79.6 cm³/mol. The lowest BCUT2D eigenvalue weighted by molar-refractivity contribution is -0.122. The average Bonchev–Trinajstić information content (AvgIpc) is 2.93. The van der Waals surface area contributed by atoms with Gasteiger partial charge in [-0.15, -0.1) is 11.3 Å². The third-order valence-corrected chi connectivity index (χ3v) is 3.79. The lowest BCUT2D eigenvalue weighted by atomic mass is 10.2. The Hall–Kier alpha value is -2.41. The van der Waals surface area contributed by atoms with Gasteiger partial charge >= 0.3 is 0 Å². The van der Waals surface area contributed by atoms with Crippen LogP contribution >= 0.6 is 11.3 Å². The van der Waals surface area contributed by atoms with Crippen LogP contribution < -0.4 is 15.4 Å². The summed E-state index contributed by atoms with van der Waals surface area (Å²) in [6.45, 7) is 1.68. The molecule has 1 aromatic heterocycles. The maximum atomic E-state index is 11.9. The van der Waals surface area contributed by atoms with Crippen LogP contribution in [-0.2, 0) is 16.0 Å². The quantitative estimate of drug-likeness (QED) is 0.909. The van der Waals surface area contributed by atoms with Crippen molar-refractivity contribution >= 4 is 34.5 Å². The van der Waals surface area contributed by atoms with Gasteiger partial charge in [0.25, 0.3) is 5.91 Å². The smallest absolute Gasteiger partial charge is 0.265 e. The first-order valence-electron chi connectivity index (χ1n) is 6.40. The van der Waals surface area contributed by atoms with Crippen LogP contribution in [0.25, 0.3) is 0 Å². The van der Waals surface area contributed by atoms with Crippen molar-refractivity contribution < 1.29 is 14.3 Å². The van der Waals surface area contributed by atoms with Crippen LogP contribution in [0.3, 0.4) is 0 Å². The molecule has 2 amide bonds. The molecule has 1 aromatic carbocycles. The van der Waals surface area contributed by atoms with Crippen LogP contribution in [0.15, 0.2) is 29.9 Å². The van der Waals surface area contributed by atoms with Crippen LogP contribution in [0, 0.1) is 0 Å². The number of benzene rings is 1. The van der Waals surface area contributed by atoms with Crippen LogP contribution in [0.2, 0.25) is 0 Å².